The minimum Gasteiger partial charge on any atom is -0.478 e. The van der Waals surface area contributed by atoms with E-state index in [1.165, 1.54) is 5.32 Å². The number of anilines is 1. The zero-order chi connectivity index (χ0) is 17.5. The second kappa shape index (κ2) is 5.66. The van der Waals surface area contributed by atoms with Gasteiger partial charge in [0, 0.05) is 7.05 Å². The van der Waals surface area contributed by atoms with E-state index in [4.69, 9.17) is 5.11 Å². The topological polar surface area (TPSA) is 84.2 Å². The van der Waals surface area contributed by atoms with Gasteiger partial charge >= 0.3 is 5.97 Å². The van der Waals surface area contributed by atoms with E-state index in [0.717, 1.165) is 17.9 Å². The number of carbonyl (C=O) groups is 2. The van der Waals surface area contributed by atoms with E-state index in [1.807, 2.05) is 0 Å². The lowest BCUT2D eigenvalue weighted by Gasteiger charge is -2.10. The van der Waals surface area contributed by atoms with Gasteiger partial charge in [-0.2, -0.15) is 5.10 Å². The van der Waals surface area contributed by atoms with E-state index in [-0.39, 0.29) is 0 Å². The van der Waals surface area contributed by atoms with Crippen molar-refractivity contribution in [1.29, 1.82) is 0 Å². The lowest BCUT2D eigenvalue weighted by molar-refractivity contribution is 0.0692. The number of halogens is 5. The Balaban J connectivity index is 2.51. The number of amides is 1. The first-order valence-electron chi connectivity index (χ1n) is 5.74. The Morgan fingerprint density at radius 3 is 2.00 bits per heavy atom. The molecule has 1 heterocycles. The standard InChI is InChI=1S/C12H6F5N3O3/c1-20-10(3(2-18-20)12(22)23)11(21)19-9-7(16)5(14)4(13)6(15)8(9)17/h2H,1H3,(H,19,21)(H,22,23). The number of carboxylic acids is 1. The lowest BCUT2D eigenvalue weighted by Crippen LogP contribution is -2.21. The lowest BCUT2D eigenvalue weighted by atomic mass is 10.2. The first-order valence-corrected chi connectivity index (χ1v) is 5.74. The molecule has 2 aromatic rings. The molecule has 2 rings (SSSR count). The third-order valence-electron chi connectivity index (χ3n) is 2.83. The van der Waals surface area contributed by atoms with Crippen LogP contribution in [0.15, 0.2) is 6.20 Å². The Labute approximate surface area is 124 Å². The summed E-state index contributed by atoms with van der Waals surface area (Å²) in [5.74, 6) is -14.4. The molecule has 1 aromatic heterocycles. The summed E-state index contributed by atoms with van der Waals surface area (Å²) in [4.78, 5) is 22.9. The van der Waals surface area contributed by atoms with Crippen LogP contribution in [0.3, 0.4) is 0 Å². The maximum Gasteiger partial charge on any atom is 0.339 e. The molecule has 0 saturated carbocycles. The number of aromatic carboxylic acids is 1. The smallest absolute Gasteiger partial charge is 0.339 e. The summed E-state index contributed by atoms with van der Waals surface area (Å²) < 4.78 is 66.8. The van der Waals surface area contributed by atoms with Crippen LogP contribution >= 0.6 is 0 Å². The first-order chi connectivity index (χ1) is 10.7. The van der Waals surface area contributed by atoms with E-state index < -0.39 is 57.9 Å². The molecule has 0 saturated heterocycles. The van der Waals surface area contributed by atoms with Crippen LogP contribution in [0.1, 0.15) is 20.8 Å². The van der Waals surface area contributed by atoms with E-state index in [2.05, 4.69) is 5.10 Å². The van der Waals surface area contributed by atoms with Crippen LogP contribution in [0.4, 0.5) is 27.6 Å². The largest absolute Gasteiger partial charge is 0.478 e. The zero-order valence-corrected chi connectivity index (χ0v) is 11.1. The van der Waals surface area contributed by atoms with E-state index in [1.54, 1.807) is 0 Å². The zero-order valence-electron chi connectivity index (χ0n) is 11.1. The minimum absolute atomic E-state index is 0.617. The molecule has 0 spiro atoms. The number of hydrogen-bond acceptors (Lipinski definition) is 3. The van der Waals surface area contributed by atoms with Gasteiger partial charge in [-0.15, -0.1) is 0 Å². The number of nitrogens with one attached hydrogen (secondary N) is 1. The highest BCUT2D eigenvalue weighted by Crippen LogP contribution is 2.27. The van der Waals surface area contributed by atoms with E-state index in [0.29, 0.717) is 0 Å². The molecule has 0 atom stereocenters. The number of nitrogens with zero attached hydrogens (tertiary/aromatic N) is 2. The third kappa shape index (κ3) is 2.60. The number of aryl methyl sites for hydroxylation is 1. The molecule has 1 aromatic carbocycles. The van der Waals surface area contributed by atoms with Crippen molar-refractivity contribution in [1.82, 2.24) is 9.78 Å². The molecule has 2 N–H and O–H groups in total. The predicted molar refractivity (Wildman–Crippen MR) is 64.4 cm³/mol. The SMILES string of the molecule is Cn1ncc(C(=O)O)c1C(=O)Nc1c(F)c(F)c(F)c(F)c1F. The number of rotatable bonds is 3. The molecule has 122 valence electrons. The highest BCUT2D eigenvalue weighted by Gasteiger charge is 2.29. The van der Waals surface area contributed by atoms with Gasteiger partial charge in [0.25, 0.3) is 5.91 Å². The Bertz CT molecular complexity index is 805. The van der Waals surface area contributed by atoms with Crippen molar-refractivity contribution >= 4 is 17.6 Å². The molecule has 11 heteroatoms. The van der Waals surface area contributed by atoms with Crippen LogP contribution in [-0.4, -0.2) is 26.8 Å². The number of aromatic nitrogens is 2. The molecule has 23 heavy (non-hydrogen) atoms. The summed E-state index contributed by atoms with van der Waals surface area (Å²) in [6.45, 7) is 0. The molecule has 6 nitrogen and oxygen atoms in total. The molecule has 0 radical (unpaired) electrons. The molecule has 0 aliphatic heterocycles. The Morgan fingerprint density at radius 1 is 1.04 bits per heavy atom. The average molecular weight is 335 g/mol. The van der Waals surface area contributed by atoms with Crippen molar-refractivity contribution in [2.24, 2.45) is 7.05 Å². The van der Waals surface area contributed by atoms with Crippen LogP contribution < -0.4 is 5.32 Å². The summed E-state index contributed by atoms with van der Waals surface area (Å²) in [6, 6.07) is 0. The molecule has 0 unspecified atom stereocenters. The quantitative estimate of drug-likeness (QED) is 0.511. The molecule has 1 amide bonds. The van der Waals surface area contributed by atoms with Crippen LogP contribution in [0.25, 0.3) is 0 Å². The van der Waals surface area contributed by atoms with Crippen LogP contribution in [0.2, 0.25) is 0 Å². The van der Waals surface area contributed by atoms with Crippen molar-refractivity contribution in [3.8, 4) is 0 Å². The maximum atomic E-state index is 13.5. The van der Waals surface area contributed by atoms with Gasteiger partial charge in [-0.05, 0) is 0 Å². The number of carboxylic acid groups (broad SMARTS) is 1. The maximum absolute atomic E-state index is 13.5. The minimum atomic E-state index is -2.38. The fourth-order valence-corrected chi connectivity index (χ4v) is 1.75. The summed E-state index contributed by atoms with van der Waals surface area (Å²) >= 11 is 0. The predicted octanol–water partition coefficient (Wildman–Crippen LogP) is 2.07. The average Bonchev–Trinajstić information content (AvgIpc) is 2.89. The number of benzene rings is 1. The third-order valence-corrected chi connectivity index (χ3v) is 2.83. The second-order valence-electron chi connectivity index (χ2n) is 4.23. The van der Waals surface area contributed by atoms with Crippen molar-refractivity contribution in [3.63, 3.8) is 0 Å². The first kappa shape index (κ1) is 16.4. The fraction of sp³-hybridized carbons (Fsp3) is 0.0833. The van der Waals surface area contributed by atoms with Gasteiger partial charge in [0.2, 0.25) is 5.82 Å². The summed E-state index contributed by atoms with van der Waals surface area (Å²) in [5, 5.41) is 13.8. The highest BCUT2D eigenvalue weighted by atomic mass is 19.2. The van der Waals surface area contributed by atoms with Gasteiger partial charge in [0.1, 0.15) is 16.9 Å². The normalized spacial score (nSPS) is 10.7. The van der Waals surface area contributed by atoms with Gasteiger partial charge < -0.3 is 10.4 Å². The molecular formula is C12H6F5N3O3. The van der Waals surface area contributed by atoms with Crippen LogP contribution in [0.5, 0.6) is 0 Å². The summed E-state index contributed by atoms with van der Waals surface area (Å²) in [5.41, 5.74) is -2.85. The number of hydrogen-bond donors (Lipinski definition) is 2. The monoisotopic (exact) mass is 335 g/mol. The van der Waals surface area contributed by atoms with Crippen LogP contribution in [-0.2, 0) is 7.05 Å². The molecule has 0 fully saturated rings. The van der Waals surface area contributed by atoms with E-state index >= 15 is 0 Å². The molecular weight excluding hydrogens is 329 g/mol. The molecule has 0 aliphatic carbocycles. The summed E-state index contributed by atoms with van der Waals surface area (Å²) in [6.07, 6.45) is 0.787. The van der Waals surface area contributed by atoms with Crippen molar-refractivity contribution in [2.45, 2.75) is 0 Å². The highest BCUT2D eigenvalue weighted by molar-refractivity contribution is 6.09. The second-order valence-corrected chi connectivity index (χ2v) is 4.23. The van der Waals surface area contributed by atoms with Gasteiger partial charge in [-0.25, -0.2) is 26.7 Å². The fourth-order valence-electron chi connectivity index (χ4n) is 1.75. The Hall–Kier alpha value is -2.98. The van der Waals surface area contributed by atoms with Crippen molar-refractivity contribution < 1.29 is 36.6 Å². The Kier molecular flexibility index (Phi) is 4.04. The van der Waals surface area contributed by atoms with Crippen molar-refractivity contribution in [2.75, 3.05) is 5.32 Å². The summed E-state index contributed by atoms with van der Waals surface area (Å²) in [7, 11) is 1.15. The molecule has 0 aliphatic rings. The molecule has 0 bridgehead atoms. The van der Waals surface area contributed by atoms with Gasteiger partial charge in [0.15, 0.2) is 23.3 Å². The van der Waals surface area contributed by atoms with Gasteiger partial charge in [-0.3, -0.25) is 9.48 Å². The Morgan fingerprint density at radius 2 is 1.52 bits per heavy atom. The van der Waals surface area contributed by atoms with Crippen LogP contribution in [0, 0.1) is 29.1 Å². The number of carbonyl (C=O) groups excluding carboxylic acids is 1. The van der Waals surface area contributed by atoms with Gasteiger partial charge in [-0.1, -0.05) is 0 Å². The van der Waals surface area contributed by atoms with Gasteiger partial charge in [0.05, 0.1) is 6.20 Å². The van der Waals surface area contributed by atoms with E-state index in [9.17, 15) is 31.5 Å². The van der Waals surface area contributed by atoms with Crippen molar-refractivity contribution in [3.05, 3.63) is 46.5 Å².